The first kappa shape index (κ1) is 18.5. The highest BCUT2D eigenvalue weighted by Crippen LogP contribution is 2.21. The van der Waals surface area contributed by atoms with Crippen LogP contribution in [0.25, 0.3) is 11.3 Å². The fraction of sp³-hybridized carbons (Fsp3) is 0.286. The lowest BCUT2D eigenvalue weighted by molar-refractivity contribution is -0.118. The molecule has 4 nitrogen and oxygen atoms in total. The molecule has 1 aromatic carbocycles. The number of aromatic nitrogens is 3. The van der Waals surface area contributed by atoms with E-state index >= 15 is 0 Å². The number of hydrogen-bond donors (Lipinski definition) is 0. The minimum absolute atomic E-state index is 0.240. The van der Waals surface area contributed by atoms with Crippen LogP contribution < -0.4 is 0 Å². The number of aryl methyl sites for hydroxylation is 2. The van der Waals surface area contributed by atoms with Crippen molar-refractivity contribution in [1.29, 1.82) is 0 Å². The van der Waals surface area contributed by atoms with E-state index in [0.717, 1.165) is 39.2 Å². The molecule has 0 aliphatic carbocycles. The lowest BCUT2D eigenvalue weighted by atomic mass is 10.0. The molecule has 0 amide bonds. The smallest absolute Gasteiger partial charge is 0.137 e. The van der Waals surface area contributed by atoms with Crippen LogP contribution in [0.2, 0.25) is 0 Å². The molecule has 0 saturated carbocycles. The molecule has 3 aromatic rings. The Kier molecular flexibility index (Phi) is 5.99. The summed E-state index contributed by atoms with van der Waals surface area (Å²) in [5, 5.41) is 0. The Morgan fingerprint density at radius 1 is 1.23 bits per heavy atom. The summed E-state index contributed by atoms with van der Waals surface area (Å²) >= 11 is 3.46. The number of Topliss-reactive ketones (excluding diaryl/α,β-unsaturated/α-hetero) is 1. The molecule has 0 atom stereocenters. The van der Waals surface area contributed by atoms with Crippen molar-refractivity contribution < 1.29 is 4.79 Å². The summed E-state index contributed by atoms with van der Waals surface area (Å²) in [5.41, 5.74) is 4.33. The lowest BCUT2D eigenvalue weighted by Crippen LogP contribution is -2.09. The molecule has 0 bridgehead atoms. The van der Waals surface area contributed by atoms with Gasteiger partial charge in [0.25, 0.3) is 0 Å². The number of carbonyl (C=O) groups is 1. The van der Waals surface area contributed by atoms with Gasteiger partial charge < -0.3 is 4.57 Å². The van der Waals surface area contributed by atoms with Gasteiger partial charge in [-0.05, 0) is 49.2 Å². The van der Waals surface area contributed by atoms with E-state index in [1.807, 2.05) is 49.6 Å². The molecule has 0 radical (unpaired) electrons. The summed E-state index contributed by atoms with van der Waals surface area (Å²) < 4.78 is 3.20. The first-order valence-corrected chi connectivity index (χ1v) is 9.59. The normalized spacial score (nSPS) is 10.9. The predicted octanol–water partition coefficient (Wildman–Crippen LogP) is 4.78. The predicted molar refractivity (Wildman–Crippen MR) is 107 cm³/mol. The van der Waals surface area contributed by atoms with E-state index in [1.54, 1.807) is 6.20 Å². The Morgan fingerprint density at radius 2 is 2.08 bits per heavy atom. The van der Waals surface area contributed by atoms with E-state index in [9.17, 15) is 4.79 Å². The van der Waals surface area contributed by atoms with Crippen molar-refractivity contribution >= 4 is 21.7 Å². The Hall–Kier alpha value is -2.27. The largest absolute Gasteiger partial charge is 0.328 e. The number of pyridine rings is 1. The van der Waals surface area contributed by atoms with E-state index in [1.165, 1.54) is 0 Å². The maximum atomic E-state index is 12.4. The Bertz CT molecular complexity index is 903. The van der Waals surface area contributed by atoms with Gasteiger partial charge in [-0.2, -0.15) is 0 Å². The van der Waals surface area contributed by atoms with Gasteiger partial charge in [0.1, 0.15) is 11.6 Å². The van der Waals surface area contributed by atoms with Crippen LogP contribution in [0, 0.1) is 6.92 Å². The second-order valence-electron chi connectivity index (χ2n) is 6.33. The van der Waals surface area contributed by atoms with Crippen LogP contribution in [0.15, 0.2) is 53.4 Å². The molecule has 0 unspecified atom stereocenters. The van der Waals surface area contributed by atoms with Crippen LogP contribution in [0.4, 0.5) is 0 Å². The Labute approximate surface area is 162 Å². The maximum Gasteiger partial charge on any atom is 0.137 e. The van der Waals surface area contributed by atoms with Crippen molar-refractivity contribution in [2.45, 2.75) is 39.7 Å². The van der Waals surface area contributed by atoms with Gasteiger partial charge in [0.15, 0.2) is 0 Å². The van der Waals surface area contributed by atoms with Gasteiger partial charge in [-0.25, -0.2) is 4.98 Å². The third-order valence-electron chi connectivity index (χ3n) is 4.53. The molecular formula is C21H22BrN3O. The molecule has 26 heavy (non-hydrogen) atoms. The summed E-state index contributed by atoms with van der Waals surface area (Å²) in [7, 11) is 0. The molecule has 5 heteroatoms. The number of nitrogens with zero attached hydrogens (tertiary/aromatic N) is 3. The number of benzene rings is 1. The van der Waals surface area contributed by atoms with Crippen molar-refractivity contribution in [3.63, 3.8) is 0 Å². The molecule has 0 aliphatic heterocycles. The van der Waals surface area contributed by atoms with Crippen LogP contribution in [-0.2, 0) is 24.2 Å². The molecule has 2 heterocycles. The topological polar surface area (TPSA) is 47.8 Å². The zero-order valence-electron chi connectivity index (χ0n) is 15.1. The van der Waals surface area contributed by atoms with Crippen LogP contribution in [-0.4, -0.2) is 20.3 Å². The molecular weight excluding hydrogens is 390 g/mol. The fourth-order valence-electron chi connectivity index (χ4n) is 3.12. The number of imidazole rings is 1. The summed E-state index contributed by atoms with van der Waals surface area (Å²) in [6.07, 6.45) is 7.11. The van der Waals surface area contributed by atoms with Gasteiger partial charge in [-0.1, -0.05) is 22.0 Å². The number of rotatable bonds is 7. The maximum absolute atomic E-state index is 12.4. The minimum atomic E-state index is 0.240. The first-order chi connectivity index (χ1) is 12.6. The summed E-state index contributed by atoms with van der Waals surface area (Å²) in [6.45, 7) is 4.95. The van der Waals surface area contributed by atoms with Crippen molar-refractivity contribution in [2.24, 2.45) is 0 Å². The number of carbonyl (C=O) groups excluding carboxylic acids is 1. The standard InChI is InChI=1S/C21H22BrN3O/c1-3-25-20(17-5-4-10-23-13-17)14-24-21(25)9-8-19(26)12-16-6-7-18(22)11-15(16)2/h4-7,10-11,13-14H,3,8-9,12H2,1-2H3. The third-order valence-corrected chi connectivity index (χ3v) is 5.02. The van der Waals surface area contributed by atoms with Crippen LogP contribution in [0.5, 0.6) is 0 Å². The SMILES string of the molecule is CCn1c(-c2cccnc2)cnc1CCC(=O)Cc1ccc(Br)cc1C. The minimum Gasteiger partial charge on any atom is -0.328 e. The highest BCUT2D eigenvalue weighted by molar-refractivity contribution is 9.10. The van der Waals surface area contributed by atoms with Crippen molar-refractivity contribution in [1.82, 2.24) is 14.5 Å². The second-order valence-corrected chi connectivity index (χ2v) is 7.25. The van der Waals surface area contributed by atoms with E-state index < -0.39 is 0 Å². The molecule has 0 fully saturated rings. The second kappa shape index (κ2) is 8.41. The van der Waals surface area contributed by atoms with Gasteiger partial charge in [-0.3, -0.25) is 9.78 Å². The van der Waals surface area contributed by atoms with Gasteiger partial charge >= 0.3 is 0 Å². The van der Waals surface area contributed by atoms with Crippen LogP contribution in [0.1, 0.15) is 30.3 Å². The van der Waals surface area contributed by atoms with Crippen molar-refractivity contribution in [3.8, 4) is 11.3 Å². The number of hydrogen-bond acceptors (Lipinski definition) is 3. The van der Waals surface area contributed by atoms with E-state index in [0.29, 0.717) is 19.3 Å². The average molecular weight is 412 g/mol. The molecule has 0 N–H and O–H groups in total. The monoisotopic (exact) mass is 411 g/mol. The van der Waals surface area contributed by atoms with Gasteiger partial charge in [0, 0.05) is 48.2 Å². The molecule has 0 spiro atoms. The summed E-state index contributed by atoms with van der Waals surface area (Å²) in [5.74, 6) is 1.19. The third kappa shape index (κ3) is 4.28. The number of halogens is 1. The van der Waals surface area contributed by atoms with Crippen LogP contribution >= 0.6 is 15.9 Å². The summed E-state index contributed by atoms with van der Waals surface area (Å²) in [4.78, 5) is 21.2. The molecule has 2 aromatic heterocycles. The Balaban J connectivity index is 1.68. The van der Waals surface area contributed by atoms with Gasteiger partial charge in [0.2, 0.25) is 0 Å². The summed E-state index contributed by atoms with van der Waals surface area (Å²) in [6, 6.07) is 10.0. The van der Waals surface area contributed by atoms with Crippen molar-refractivity contribution in [3.05, 3.63) is 70.3 Å². The zero-order valence-corrected chi connectivity index (χ0v) is 16.7. The van der Waals surface area contributed by atoms with E-state index in [2.05, 4.69) is 37.4 Å². The average Bonchev–Trinajstić information content (AvgIpc) is 3.06. The lowest BCUT2D eigenvalue weighted by Gasteiger charge is -2.10. The quantitative estimate of drug-likeness (QED) is 0.561. The van der Waals surface area contributed by atoms with Crippen molar-refractivity contribution in [2.75, 3.05) is 0 Å². The van der Waals surface area contributed by atoms with E-state index in [-0.39, 0.29) is 5.78 Å². The fourth-order valence-corrected chi connectivity index (χ4v) is 3.60. The zero-order chi connectivity index (χ0) is 18.5. The van der Waals surface area contributed by atoms with Gasteiger partial charge in [-0.15, -0.1) is 0 Å². The number of ketones is 1. The van der Waals surface area contributed by atoms with E-state index in [4.69, 9.17) is 0 Å². The molecule has 134 valence electrons. The Morgan fingerprint density at radius 3 is 2.77 bits per heavy atom. The van der Waals surface area contributed by atoms with Gasteiger partial charge in [0.05, 0.1) is 11.9 Å². The highest BCUT2D eigenvalue weighted by Gasteiger charge is 2.13. The first-order valence-electron chi connectivity index (χ1n) is 8.80. The molecule has 0 saturated heterocycles. The highest BCUT2D eigenvalue weighted by atomic mass is 79.9. The van der Waals surface area contributed by atoms with Crippen LogP contribution in [0.3, 0.4) is 0 Å². The molecule has 0 aliphatic rings. The molecule has 3 rings (SSSR count).